The molecular weight excluding hydrogens is 324 g/mol. The topological polar surface area (TPSA) is 57.7 Å². The minimum Gasteiger partial charge on any atom is -0.342 e. The van der Waals surface area contributed by atoms with E-state index in [1.54, 1.807) is 4.31 Å². The molecule has 0 unspecified atom stereocenters. The van der Waals surface area contributed by atoms with Crippen LogP contribution in [0, 0.1) is 5.41 Å². The molecule has 1 amide bonds. The quantitative estimate of drug-likeness (QED) is 0.815. The highest BCUT2D eigenvalue weighted by Crippen LogP contribution is 2.41. The first kappa shape index (κ1) is 17.4. The summed E-state index contributed by atoms with van der Waals surface area (Å²) in [5.74, 6) is 0.232. The molecule has 3 rings (SSSR count). The van der Waals surface area contributed by atoms with Crippen molar-refractivity contribution in [2.75, 3.05) is 32.4 Å². The van der Waals surface area contributed by atoms with Gasteiger partial charge in [0.1, 0.15) is 0 Å². The van der Waals surface area contributed by atoms with Gasteiger partial charge < -0.3 is 4.90 Å². The molecule has 24 heavy (non-hydrogen) atoms. The maximum atomic E-state index is 12.4. The Morgan fingerprint density at radius 1 is 1.12 bits per heavy atom. The number of likely N-dealkylation sites (tertiary alicyclic amines) is 1. The van der Waals surface area contributed by atoms with Gasteiger partial charge in [-0.3, -0.25) is 4.79 Å². The number of benzene rings is 1. The molecule has 0 N–H and O–H groups in total. The first-order chi connectivity index (χ1) is 11.4. The minimum absolute atomic E-state index is 0.00891. The standard InChI is InChI=1S/C18H26N2O3S/c1-24(22,23)20-12-9-18(10-13-20)14-17(21)19(15-18)11-5-8-16-6-3-2-4-7-16/h2-4,6-7H,5,8-15H2,1H3. The third-order valence-electron chi connectivity index (χ3n) is 5.39. The Hall–Kier alpha value is -1.40. The molecule has 2 fully saturated rings. The van der Waals surface area contributed by atoms with E-state index in [1.807, 2.05) is 23.1 Å². The smallest absolute Gasteiger partial charge is 0.223 e. The third kappa shape index (κ3) is 3.98. The number of piperidine rings is 1. The summed E-state index contributed by atoms with van der Waals surface area (Å²) in [6.07, 6.45) is 5.39. The van der Waals surface area contributed by atoms with Gasteiger partial charge in [0.05, 0.1) is 6.26 Å². The van der Waals surface area contributed by atoms with E-state index in [2.05, 4.69) is 12.1 Å². The molecule has 1 spiro atoms. The van der Waals surface area contributed by atoms with Crippen molar-refractivity contribution in [2.45, 2.75) is 32.1 Å². The summed E-state index contributed by atoms with van der Waals surface area (Å²) >= 11 is 0. The van der Waals surface area contributed by atoms with Crippen molar-refractivity contribution in [3.05, 3.63) is 35.9 Å². The van der Waals surface area contributed by atoms with Gasteiger partial charge >= 0.3 is 0 Å². The Kier molecular flexibility index (Phi) is 4.97. The van der Waals surface area contributed by atoms with E-state index < -0.39 is 10.0 Å². The van der Waals surface area contributed by atoms with Crippen LogP contribution in [-0.2, 0) is 21.2 Å². The average molecular weight is 350 g/mol. The zero-order valence-corrected chi connectivity index (χ0v) is 15.1. The highest BCUT2D eigenvalue weighted by atomic mass is 32.2. The minimum atomic E-state index is -3.11. The Balaban J connectivity index is 1.51. The van der Waals surface area contributed by atoms with Gasteiger partial charge in [-0.05, 0) is 36.7 Å². The highest BCUT2D eigenvalue weighted by Gasteiger charge is 2.45. The molecule has 0 bridgehead atoms. The second kappa shape index (κ2) is 6.84. The molecule has 2 saturated heterocycles. The maximum Gasteiger partial charge on any atom is 0.223 e. The highest BCUT2D eigenvalue weighted by molar-refractivity contribution is 7.88. The van der Waals surface area contributed by atoms with Crippen LogP contribution < -0.4 is 0 Å². The predicted octanol–water partition coefficient (Wildman–Crippen LogP) is 1.89. The molecule has 0 aromatic heterocycles. The molecule has 1 aromatic rings. The Morgan fingerprint density at radius 3 is 2.42 bits per heavy atom. The van der Waals surface area contributed by atoms with Crippen LogP contribution in [0.4, 0.5) is 0 Å². The number of aryl methyl sites for hydroxylation is 1. The largest absolute Gasteiger partial charge is 0.342 e. The van der Waals surface area contributed by atoms with Crippen LogP contribution >= 0.6 is 0 Å². The molecular formula is C18H26N2O3S. The number of sulfonamides is 1. The molecule has 132 valence electrons. The van der Waals surface area contributed by atoms with Gasteiger partial charge in [-0.1, -0.05) is 30.3 Å². The second-order valence-electron chi connectivity index (χ2n) is 7.24. The van der Waals surface area contributed by atoms with Gasteiger partial charge in [-0.15, -0.1) is 0 Å². The lowest BCUT2D eigenvalue weighted by molar-refractivity contribution is -0.127. The number of nitrogens with zero attached hydrogens (tertiary/aromatic N) is 2. The van der Waals surface area contributed by atoms with Gasteiger partial charge in [0.2, 0.25) is 15.9 Å². The molecule has 0 aliphatic carbocycles. The number of rotatable bonds is 5. The van der Waals surface area contributed by atoms with Crippen LogP contribution in [0.5, 0.6) is 0 Å². The first-order valence-corrected chi connectivity index (χ1v) is 10.5. The SMILES string of the molecule is CS(=O)(=O)N1CCC2(CC1)CC(=O)N(CCCc1ccccc1)C2. The van der Waals surface area contributed by atoms with Crippen LogP contribution in [-0.4, -0.2) is 56.0 Å². The van der Waals surface area contributed by atoms with Crippen LogP contribution in [0.15, 0.2) is 30.3 Å². The van der Waals surface area contributed by atoms with Crippen LogP contribution in [0.3, 0.4) is 0 Å². The van der Waals surface area contributed by atoms with E-state index in [0.29, 0.717) is 19.5 Å². The van der Waals surface area contributed by atoms with Crippen molar-refractivity contribution >= 4 is 15.9 Å². The normalized spacial score (nSPS) is 21.5. The van der Waals surface area contributed by atoms with E-state index in [9.17, 15) is 13.2 Å². The van der Waals surface area contributed by atoms with E-state index >= 15 is 0 Å². The van der Waals surface area contributed by atoms with E-state index in [-0.39, 0.29) is 11.3 Å². The maximum absolute atomic E-state index is 12.4. The lowest BCUT2D eigenvalue weighted by atomic mass is 9.78. The van der Waals surface area contributed by atoms with Crippen molar-refractivity contribution in [3.63, 3.8) is 0 Å². The molecule has 0 atom stereocenters. The lowest BCUT2D eigenvalue weighted by Gasteiger charge is -2.37. The Morgan fingerprint density at radius 2 is 1.79 bits per heavy atom. The molecule has 6 heteroatoms. The summed E-state index contributed by atoms with van der Waals surface area (Å²) < 4.78 is 24.8. The zero-order chi connectivity index (χ0) is 17.2. The van der Waals surface area contributed by atoms with E-state index in [1.165, 1.54) is 11.8 Å². The Labute approximate surface area is 144 Å². The number of amides is 1. The number of hydrogen-bond acceptors (Lipinski definition) is 3. The predicted molar refractivity (Wildman–Crippen MR) is 94.0 cm³/mol. The van der Waals surface area contributed by atoms with Crippen molar-refractivity contribution in [1.29, 1.82) is 0 Å². The van der Waals surface area contributed by atoms with Crippen molar-refractivity contribution in [2.24, 2.45) is 5.41 Å². The van der Waals surface area contributed by atoms with Crippen LogP contribution in [0.2, 0.25) is 0 Å². The van der Waals surface area contributed by atoms with Gasteiger partial charge in [0.15, 0.2) is 0 Å². The van der Waals surface area contributed by atoms with Gasteiger partial charge in [-0.25, -0.2) is 12.7 Å². The number of carbonyl (C=O) groups excluding carboxylic acids is 1. The molecule has 0 saturated carbocycles. The molecule has 2 aliphatic heterocycles. The Bertz CT molecular complexity index is 679. The molecule has 5 nitrogen and oxygen atoms in total. The summed E-state index contributed by atoms with van der Waals surface area (Å²) in [6.45, 7) is 2.68. The fourth-order valence-corrected chi connectivity index (χ4v) is 4.78. The molecule has 2 aliphatic rings. The van der Waals surface area contributed by atoms with Crippen molar-refractivity contribution < 1.29 is 13.2 Å². The van der Waals surface area contributed by atoms with E-state index in [0.717, 1.165) is 38.8 Å². The summed E-state index contributed by atoms with van der Waals surface area (Å²) in [4.78, 5) is 14.3. The number of hydrogen-bond donors (Lipinski definition) is 0. The average Bonchev–Trinajstić information content (AvgIpc) is 2.83. The van der Waals surface area contributed by atoms with Crippen molar-refractivity contribution in [1.82, 2.24) is 9.21 Å². The fraction of sp³-hybridized carbons (Fsp3) is 0.611. The summed E-state index contributed by atoms with van der Waals surface area (Å²) in [5.41, 5.74) is 1.30. The second-order valence-corrected chi connectivity index (χ2v) is 9.23. The summed E-state index contributed by atoms with van der Waals surface area (Å²) in [7, 11) is -3.11. The summed E-state index contributed by atoms with van der Waals surface area (Å²) in [6, 6.07) is 10.3. The fourth-order valence-electron chi connectivity index (χ4n) is 3.93. The lowest BCUT2D eigenvalue weighted by Crippen LogP contribution is -2.43. The van der Waals surface area contributed by atoms with Gasteiger partial charge in [-0.2, -0.15) is 0 Å². The van der Waals surface area contributed by atoms with E-state index in [4.69, 9.17) is 0 Å². The van der Waals surface area contributed by atoms with Crippen molar-refractivity contribution in [3.8, 4) is 0 Å². The summed E-state index contributed by atoms with van der Waals surface area (Å²) in [5, 5.41) is 0. The zero-order valence-electron chi connectivity index (χ0n) is 14.3. The first-order valence-electron chi connectivity index (χ1n) is 8.65. The molecule has 1 aromatic carbocycles. The van der Waals surface area contributed by atoms with Gasteiger partial charge in [0, 0.05) is 32.6 Å². The monoisotopic (exact) mass is 350 g/mol. The van der Waals surface area contributed by atoms with Crippen LogP contribution in [0.1, 0.15) is 31.2 Å². The van der Waals surface area contributed by atoms with Crippen LogP contribution in [0.25, 0.3) is 0 Å². The van der Waals surface area contributed by atoms with Gasteiger partial charge in [0.25, 0.3) is 0 Å². The third-order valence-corrected chi connectivity index (χ3v) is 6.70. The molecule has 0 radical (unpaired) electrons. The number of carbonyl (C=O) groups is 1. The molecule has 2 heterocycles.